The number of hydrogen-bond acceptors (Lipinski definition) is 4. The molecule has 1 fully saturated rings. The molecule has 0 atom stereocenters. The molecule has 1 aliphatic heterocycles. The third-order valence-electron chi connectivity index (χ3n) is 4.11. The number of halogens is 2. The van der Waals surface area contributed by atoms with Crippen LogP contribution in [0.1, 0.15) is 37.7 Å². The Labute approximate surface area is 163 Å². The Kier molecular flexibility index (Phi) is 13.8. The van der Waals surface area contributed by atoms with E-state index in [-0.39, 0.29) is 30.7 Å². The Morgan fingerprint density at radius 3 is 2.32 bits per heavy atom. The number of anilines is 1. The molecule has 0 aromatic heterocycles. The van der Waals surface area contributed by atoms with Gasteiger partial charge in [0.1, 0.15) is 0 Å². The first-order valence-corrected chi connectivity index (χ1v) is 8.67. The number of unbranched alkanes of at least 4 members (excludes halogenated alkanes) is 3. The third kappa shape index (κ3) is 10.0. The molecule has 1 heterocycles. The van der Waals surface area contributed by atoms with Crippen molar-refractivity contribution in [2.45, 2.75) is 38.6 Å². The van der Waals surface area contributed by atoms with Crippen LogP contribution in [0.3, 0.4) is 0 Å². The van der Waals surface area contributed by atoms with E-state index < -0.39 is 0 Å². The van der Waals surface area contributed by atoms with Crippen molar-refractivity contribution in [3.05, 3.63) is 29.8 Å². The summed E-state index contributed by atoms with van der Waals surface area (Å²) in [5, 5.41) is 2.97. The van der Waals surface area contributed by atoms with Gasteiger partial charge in [0, 0.05) is 31.7 Å². The maximum Gasteiger partial charge on any atom is 0.224 e. The van der Waals surface area contributed by atoms with Crippen molar-refractivity contribution in [2.75, 3.05) is 38.2 Å². The van der Waals surface area contributed by atoms with Crippen LogP contribution in [0.4, 0.5) is 5.69 Å². The van der Waals surface area contributed by atoms with Crippen LogP contribution in [0.25, 0.3) is 0 Å². The zero-order chi connectivity index (χ0) is 16.3. The zero-order valence-corrected chi connectivity index (χ0v) is 16.4. The Bertz CT molecular complexity index is 466. The van der Waals surface area contributed by atoms with E-state index in [1.54, 1.807) is 0 Å². The van der Waals surface area contributed by atoms with Crippen molar-refractivity contribution in [3.63, 3.8) is 0 Å². The zero-order valence-electron chi connectivity index (χ0n) is 14.7. The molecule has 7 heteroatoms. The Hall–Kier alpha value is -0.850. The fourth-order valence-electron chi connectivity index (χ4n) is 2.72. The molecule has 0 saturated carbocycles. The highest BCUT2D eigenvalue weighted by atomic mass is 35.5. The molecule has 3 N–H and O–H groups in total. The van der Waals surface area contributed by atoms with Gasteiger partial charge in [0.2, 0.25) is 5.91 Å². The average molecular weight is 392 g/mol. The maximum atomic E-state index is 11.9. The normalized spacial score (nSPS) is 14.3. The number of ether oxygens (including phenoxy) is 1. The average Bonchev–Trinajstić information content (AvgIpc) is 2.57. The van der Waals surface area contributed by atoms with Crippen molar-refractivity contribution in [3.8, 4) is 0 Å². The number of benzene rings is 1. The van der Waals surface area contributed by atoms with Gasteiger partial charge in [0.25, 0.3) is 0 Å². The number of amides is 1. The van der Waals surface area contributed by atoms with E-state index in [2.05, 4.69) is 22.3 Å². The molecule has 144 valence electrons. The molecule has 1 aromatic rings. The van der Waals surface area contributed by atoms with Crippen molar-refractivity contribution < 1.29 is 9.53 Å². The number of nitrogens with zero attached hydrogens (tertiary/aromatic N) is 1. The number of carbonyl (C=O) groups is 1. The predicted molar refractivity (Wildman–Crippen MR) is 108 cm³/mol. The second-order valence-electron chi connectivity index (χ2n) is 6.09. The topological polar surface area (TPSA) is 67.6 Å². The van der Waals surface area contributed by atoms with Crippen LogP contribution in [-0.2, 0) is 16.1 Å². The molecule has 0 spiro atoms. The van der Waals surface area contributed by atoms with Gasteiger partial charge in [0.05, 0.1) is 13.2 Å². The highest BCUT2D eigenvalue weighted by Crippen LogP contribution is 2.13. The molecule has 0 aliphatic carbocycles. The minimum Gasteiger partial charge on any atom is -0.379 e. The molecule has 1 saturated heterocycles. The lowest BCUT2D eigenvalue weighted by atomic mass is 10.1. The van der Waals surface area contributed by atoms with Crippen LogP contribution < -0.4 is 11.1 Å². The van der Waals surface area contributed by atoms with E-state index in [0.29, 0.717) is 6.42 Å². The smallest absolute Gasteiger partial charge is 0.224 e. The summed E-state index contributed by atoms with van der Waals surface area (Å²) in [6.07, 6.45) is 4.75. The van der Waals surface area contributed by atoms with Gasteiger partial charge in [-0.2, -0.15) is 0 Å². The monoisotopic (exact) mass is 391 g/mol. The Balaban J connectivity index is 0.00000288. The molecule has 25 heavy (non-hydrogen) atoms. The molecule has 5 nitrogen and oxygen atoms in total. The number of nitrogens with two attached hydrogens (primary N) is 1. The minimum absolute atomic E-state index is 0. The van der Waals surface area contributed by atoms with Gasteiger partial charge in [0.15, 0.2) is 0 Å². The number of morpholine rings is 1. The van der Waals surface area contributed by atoms with E-state index in [0.717, 1.165) is 70.8 Å². The fourth-order valence-corrected chi connectivity index (χ4v) is 2.72. The first-order chi connectivity index (χ1) is 11.3. The third-order valence-corrected chi connectivity index (χ3v) is 4.11. The van der Waals surface area contributed by atoms with Gasteiger partial charge in [-0.05, 0) is 37.1 Å². The van der Waals surface area contributed by atoms with E-state index in [1.165, 1.54) is 5.56 Å². The van der Waals surface area contributed by atoms with Crippen LogP contribution in [0.15, 0.2) is 24.3 Å². The van der Waals surface area contributed by atoms with E-state index in [4.69, 9.17) is 10.5 Å². The highest BCUT2D eigenvalue weighted by molar-refractivity contribution is 5.90. The minimum atomic E-state index is 0. The lowest BCUT2D eigenvalue weighted by Crippen LogP contribution is -2.35. The number of nitrogens with one attached hydrogen (secondary N) is 1. The number of carbonyl (C=O) groups excluding carboxylic acids is 1. The summed E-state index contributed by atoms with van der Waals surface area (Å²) in [5.41, 5.74) is 7.60. The quantitative estimate of drug-likeness (QED) is 0.634. The standard InChI is InChI=1S/C18H29N3O2.2ClH/c19-10-4-2-1-3-5-18(22)20-17-8-6-16(7-9-17)15-21-11-13-23-14-12-21;;/h6-9H,1-5,10-15,19H2,(H,20,22);2*1H. The van der Waals surface area contributed by atoms with Crippen molar-refractivity contribution in [1.82, 2.24) is 4.90 Å². The lowest BCUT2D eigenvalue weighted by molar-refractivity contribution is -0.116. The maximum absolute atomic E-state index is 11.9. The molecule has 0 unspecified atom stereocenters. The molecule has 0 bridgehead atoms. The summed E-state index contributed by atoms with van der Waals surface area (Å²) in [7, 11) is 0. The molecule has 1 amide bonds. The van der Waals surface area contributed by atoms with Crippen LogP contribution in [-0.4, -0.2) is 43.7 Å². The Morgan fingerprint density at radius 1 is 1.04 bits per heavy atom. The van der Waals surface area contributed by atoms with Crippen LogP contribution >= 0.6 is 24.8 Å². The summed E-state index contributed by atoms with van der Waals surface area (Å²) >= 11 is 0. The van der Waals surface area contributed by atoms with Gasteiger partial charge in [-0.25, -0.2) is 0 Å². The van der Waals surface area contributed by atoms with Gasteiger partial charge in [-0.3, -0.25) is 9.69 Å². The Morgan fingerprint density at radius 2 is 1.68 bits per heavy atom. The van der Waals surface area contributed by atoms with E-state index in [9.17, 15) is 4.79 Å². The van der Waals surface area contributed by atoms with Gasteiger partial charge in [-0.1, -0.05) is 25.0 Å². The van der Waals surface area contributed by atoms with Crippen molar-refractivity contribution >= 4 is 36.4 Å². The summed E-state index contributed by atoms with van der Waals surface area (Å²) in [6, 6.07) is 8.16. The SMILES string of the molecule is Cl.Cl.NCCCCCCC(=O)Nc1ccc(CN2CCOCC2)cc1. The van der Waals surface area contributed by atoms with E-state index >= 15 is 0 Å². The van der Waals surface area contributed by atoms with Crippen molar-refractivity contribution in [1.29, 1.82) is 0 Å². The summed E-state index contributed by atoms with van der Waals surface area (Å²) < 4.78 is 5.36. The predicted octanol–water partition coefficient (Wildman–Crippen LogP) is 3.21. The molecule has 1 aromatic carbocycles. The lowest BCUT2D eigenvalue weighted by Gasteiger charge is -2.26. The van der Waals surface area contributed by atoms with Crippen LogP contribution in [0.5, 0.6) is 0 Å². The van der Waals surface area contributed by atoms with Crippen LogP contribution in [0.2, 0.25) is 0 Å². The molecule has 2 rings (SSSR count). The van der Waals surface area contributed by atoms with Crippen molar-refractivity contribution in [2.24, 2.45) is 5.73 Å². The number of rotatable bonds is 9. The molecule has 1 aliphatic rings. The van der Waals surface area contributed by atoms with E-state index in [1.807, 2.05) is 12.1 Å². The van der Waals surface area contributed by atoms with Gasteiger partial charge in [-0.15, -0.1) is 24.8 Å². The largest absolute Gasteiger partial charge is 0.379 e. The van der Waals surface area contributed by atoms with Gasteiger partial charge >= 0.3 is 0 Å². The molecular weight excluding hydrogens is 361 g/mol. The first kappa shape index (κ1) is 24.1. The highest BCUT2D eigenvalue weighted by Gasteiger charge is 2.10. The fraction of sp³-hybridized carbons (Fsp3) is 0.611. The van der Waals surface area contributed by atoms with Gasteiger partial charge < -0.3 is 15.8 Å². The second kappa shape index (κ2) is 14.3. The summed E-state index contributed by atoms with van der Waals surface area (Å²) in [6.45, 7) is 5.30. The first-order valence-electron chi connectivity index (χ1n) is 8.67. The second-order valence-corrected chi connectivity index (χ2v) is 6.09. The number of hydrogen-bond donors (Lipinski definition) is 2. The van der Waals surface area contributed by atoms with Crippen LogP contribution in [0, 0.1) is 0 Å². The summed E-state index contributed by atoms with van der Waals surface area (Å²) in [5.74, 6) is 0.0960. The summed E-state index contributed by atoms with van der Waals surface area (Å²) in [4.78, 5) is 14.3. The molecule has 0 radical (unpaired) electrons. The molecular formula is C18H31Cl2N3O2.